The van der Waals surface area contributed by atoms with Crippen LogP contribution >= 0.6 is 11.6 Å². The van der Waals surface area contributed by atoms with Crippen LogP contribution in [-0.2, 0) is 10.0 Å². The molecule has 0 aliphatic rings. The zero-order valence-electron chi connectivity index (χ0n) is 13.0. The number of halogens is 1. The minimum atomic E-state index is -3.34. The zero-order valence-corrected chi connectivity index (χ0v) is 14.6. The maximum absolute atomic E-state index is 11.4. The fraction of sp³-hybridized carbons (Fsp3) is 0.333. The molecule has 23 heavy (non-hydrogen) atoms. The van der Waals surface area contributed by atoms with Gasteiger partial charge in [-0.15, -0.1) is 0 Å². The van der Waals surface area contributed by atoms with Gasteiger partial charge in [0.15, 0.2) is 0 Å². The summed E-state index contributed by atoms with van der Waals surface area (Å²) in [5, 5.41) is 13.7. The lowest BCUT2D eigenvalue weighted by molar-refractivity contribution is 0.476. The van der Waals surface area contributed by atoms with Crippen molar-refractivity contribution in [2.45, 2.75) is 19.4 Å². The number of anilines is 1. The van der Waals surface area contributed by atoms with Crippen molar-refractivity contribution in [3.8, 4) is 6.07 Å². The number of nitrogens with one attached hydrogen (secondary N) is 2. The van der Waals surface area contributed by atoms with Crippen molar-refractivity contribution in [1.82, 2.24) is 9.71 Å². The molecule has 0 fully saturated rings. The van der Waals surface area contributed by atoms with Crippen LogP contribution in [-0.4, -0.2) is 31.7 Å². The largest absolute Gasteiger partial charge is 0.382 e. The van der Waals surface area contributed by atoms with Gasteiger partial charge in [0.1, 0.15) is 6.07 Å². The molecule has 0 aliphatic carbocycles. The lowest BCUT2D eigenvalue weighted by atomic mass is 10.1. The lowest BCUT2D eigenvalue weighted by Gasteiger charge is -2.26. The van der Waals surface area contributed by atoms with Gasteiger partial charge in [-0.3, -0.25) is 4.98 Å². The molecule has 0 saturated carbocycles. The van der Waals surface area contributed by atoms with Gasteiger partial charge >= 0.3 is 0 Å². The molecular formula is C15H17ClN4O2S. The van der Waals surface area contributed by atoms with Gasteiger partial charge in [-0.2, -0.15) is 5.26 Å². The summed E-state index contributed by atoms with van der Waals surface area (Å²) in [7, 11) is -3.34. The number of sulfonamides is 1. The maximum atomic E-state index is 11.4. The molecule has 1 heterocycles. The van der Waals surface area contributed by atoms with Crippen LogP contribution in [0, 0.1) is 11.3 Å². The van der Waals surface area contributed by atoms with Crippen LogP contribution in [0.1, 0.15) is 19.4 Å². The van der Waals surface area contributed by atoms with E-state index >= 15 is 0 Å². The van der Waals surface area contributed by atoms with Gasteiger partial charge in [-0.1, -0.05) is 11.6 Å². The summed E-state index contributed by atoms with van der Waals surface area (Å²) in [4.78, 5) is 4.22. The summed E-state index contributed by atoms with van der Waals surface area (Å²) in [6.07, 6.45) is 2.59. The highest BCUT2D eigenvalue weighted by atomic mass is 35.5. The number of nitriles is 1. The maximum Gasteiger partial charge on any atom is 0.209 e. The Hall–Kier alpha value is -1.88. The molecule has 0 atom stereocenters. The molecule has 0 spiro atoms. The quantitative estimate of drug-likeness (QED) is 0.862. The second-order valence-corrected chi connectivity index (χ2v) is 8.12. The average molecular weight is 353 g/mol. The van der Waals surface area contributed by atoms with Gasteiger partial charge in [-0.25, -0.2) is 13.1 Å². The first-order chi connectivity index (χ1) is 10.6. The van der Waals surface area contributed by atoms with Gasteiger partial charge in [-0.05, 0) is 32.0 Å². The molecule has 0 radical (unpaired) electrons. The smallest absolute Gasteiger partial charge is 0.209 e. The summed E-state index contributed by atoms with van der Waals surface area (Å²) in [6, 6.07) is 7.30. The molecule has 1 aromatic carbocycles. The molecule has 0 amide bonds. The Bertz CT molecular complexity index is 888. The number of nitrogens with zero attached hydrogens (tertiary/aromatic N) is 2. The Morgan fingerprint density at radius 3 is 2.70 bits per heavy atom. The molecule has 0 bridgehead atoms. The summed E-state index contributed by atoms with van der Waals surface area (Å²) in [6.45, 7) is 3.80. The van der Waals surface area contributed by atoms with Gasteiger partial charge in [0.2, 0.25) is 10.0 Å². The highest BCUT2D eigenvalue weighted by molar-refractivity contribution is 7.88. The number of rotatable bonds is 5. The summed E-state index contributed by atoms with van der Waals surface area (Å²) >= 11 is 6.03. The van der Waals surface area contributed by atoms with Crippen molar-refractivity contribution in [1.29, 1.82) is 5.26 Å². The molecular weight excluding hydrogens is 336 g/mol. The van der Waals surface area contributed by atoms with Crippen molar-refractivity contribution in [3.63, 3.8) is 0 Å². The highest BCUT2D eigenvalue weighted by Crippen LogP contribution is 2.28. The van der Waals surface area contributed by atoms with Crippen LogP contribution in [0.5, 0.6) is 0 Å². The third-order valence-corrected chi connectivity index (χ3v) is 4.28. The second-order valence-electron chi connectivity index (χ2n) is 5.93. The molecule has 2 N–H and O–H groups in total. The molecule has 8 heteroatoms. The predicted molar refractivity (Wildman–Crippen MR) is 92.0 cm³/mol. The number of fused-ring (bicyclic) bond motifs is 1. The first-order valence-electron chi connectivity index (χ1n) is 6.82. The number of benzene rings is 1. The summed E-state index contributed by atoms with van der Waals surface area (Å²) in [5.74, 6) is 0. The standard InChI is InChI=1S/C15H17ClN4O2S/c1-15(2,20-23(3,21)22)9-19-14-10(7-17)8-18-13-5-4-11(16)6-12(13)14/h4-6,8,20H,9H2,1-3H3,(H,18,19). The third kappa shape index (κ3) is 4.55. The minimum Gasteiger partial charge on any atom is -0.382 e. The summed E-state index contributed by atoms with van der Waals surface area (Å²) < 4.78 is 25.4. The zero-order chi connectivity index (χ0) is 17.3. The van der Waals surface area contributed by atoms with E-state index in [1.165, 1.54) is 6.20 Å². The molecule has 0 aliphatic heterocycles. The van der Waals surface area contributed by atoms with E-state index in [-0.39, 0.29) is 0 Å². The Morgan fingerprint density at radius 1 is 1.39 bits per heavy atom. The Labute approximate surface area is 140 Å². The van der Waals surface area contributed by atoms with Crippen molar-refractivity contribution in [2.75, 3.05) is 18.1 Å². The van der Waals surface area contributed by atoms with Crippen LogP contribution in [0.15, 0.2) is 24.4 Å². The van der Waals surface area contributed by atoms with E-state index in [9.17, 15) is 13.7 Å². The third-order valence-electron chi connectivity index (χ3n) is 3.12. The average Bonchev–Trinajstić information content (AvgIpc) is 2.41. The van der Waals surface area contributed by atoms with Gasteiger partial charge in [0.25, 0.3) is 0 Å². The van der Waals surface area contributed by atoms with E-state index in [2.05, 4.69) is 21.1 Å². The first-order valence-corrected chi connectivity index (χ1v) is 9.09. The fourth-order valence-corrected chi connectivity index (χ4v) is 3.54. The van der Waals surface area contributed by atoms with Crippen LogP contribution < -0.4 is 10.0 Å². The lowest BCUT2D eigenvalue weighted by Crippen LogP contribution is -2.47. The molecule has 0 saturated heterocycles. The van der Waals surface area contributed by atoms with Gasteiger partial charge < -0.3 is 5.32 Å². The normalized spacial score (nSPS) is 12.1. The number of hydrogen-bond donors (Lipinski definition) is 2. The minimum absolute atomic E-state index is 0.292. The van der Waals surface area contributed by atoms with Crippen molar-refractivity contribution in [3.05, 3.63) is 35.0 Å². The topological polar surface area (TPSA) is 94.9 Å². The van der Waals surface area contributed by atoms with E-state index in [0.29, 0.717) is 33.7 Å². The van der Waals surface area contributed by atoms with Crippen LogP contribution in [0.25, 0.3) is 10.9 Å². The number of hydrogen-bond acceptors (Lipinski definition) is 5. The predicted octanol–water partition coefficient (Wildman–Crippen LogP) is 2.50. The molecule has 2 aromatic rings. The second kappa shape index (κ2) is 6.32. The van der Waals surface area contributed by atoms with E-state index in [4.69, 9.17) is 11.6 Å². The Morgan fingerprint density at radius 2 is 2.09 bits per heavy atom. The fourth-order valence-electron chi connectivity index (χ4n) is 2.29. The van der Waals surface area contributed by atoms with E-state index in [1.54, 1.807) is 32.0 Å². The molecule has 0 unspecified atom stereocenters. The molecule has 6 nitrogen and oxygen atoms in total. The van der Waals surface area contributed by atoms with Crippen LogP contribution in [0.3, 0.4) is 0 Å². The van der Waals surface area contributed by atoms with Crippen molar-refractivity contribution in [2.24, 2.45) is 0 Å². The summed E-state index contributed by atoms with van der Waals surface area (Å²) in [5.41, 5.74) is 0.928. The molecule has 1 aromatic heterocycles. The van der Waals surface area contributed by atoms with Crippen LogP contribution in [0.4, 0.5) is 5.69 Å². The Balaban J connectivity index is 2.39. The van der Waals surface area contributed by atoms with E-state index in [1.807, 2.05) is 0 Å². The van der Waals surface area contributed by atoms with Crippen LogP contribution in [0.2, 0.25) is 5.02 Å². The molecule has 2 rings (SSSR count). The monoisotopic (exact) mass is 352 g/mol. The number of pyridine rings is 1. The van der Waals surface area contributed by atoms with Gasteiger partial charge in [0.05, 0.1) is 23.0 Å². The SMILES string of the molecule is CC(C)(CNc1c(C#N)cnc2ccc(Cl)cc12)NS(C)(=O)=O. The van der Waals surface area contributed by atoms with Crippen molar-refractivity contribution < 1.29 is 8.42 Å². The van der Waals surface area contributed by atoms with Crippen molar-refractivity contribution >= 4 is 38.2 Å². The van der Waals surface area contributed by atoms with E-state index in [0.717, 1.165) is 6.26 Å². The van der Waals surface area contributed by atoms with E-state index < -0.39 is 15.6 Å². The Kier molecular flexibility index (Phi) is 4.80. The number of aromatic nitrogens is 1. The molecule has 122 valence electrons. The van der Waals surface area contributed by atoms with Gasteiger partial charge in [0, 0.05) is 28.7 Å². The first kappa shape index (κ1) is 17.5. The highest BCUT2D eigenvalue weighted by Gasteiger charge is 2.22.